The number of halogens is 4. The molecule has 0 saturated heterocycles. The van der Waals surface area contributed by atoms with E-state index in [1.54, 1.807) is 0 Å². The Balaban J connectivity index is 0. The van der Waals surface area contributed by atoms with Gasteiger partial charge in [-0.05, 0) is 6.42 Å². The van der Waals surface area contributed by atoms with Crippen LogP contribution in [0.3, 0.4) is 0 Å². The van der Waals surface area contributed by atoms with Crippen LogP contribution in [0.4, 0.5) is 13.2 Å². The molecule has 0 aliphatic heterocycles. The molecule has 0 aromatic rings. The highest BCUT2D eigenvalue weighted by molar-refractivity contribution is 5.85. The van der Waals surface area contributed by atoms with Crippen LogP contribution in [0, 0.1) is 0 Å². The zero-order valence-corrected chi connectivity index (χ0v) is 7.94. The van der Waals surface area contributed by atoms with Crippen LogP contribution in [-0.4, -0.2) is 29.3 Å². The third kappa shape index (κ3) is 6.01. The Hall–Kier alpha value is -0.530. The number of carbonyl (C=O) groups excluding carboxylic acids is 1. The normalized spacial score (nSPS) is 15.5. The highest BCUT2D eigenvalue weighted by atomic mass is 35.5. The predicted octanol–water partition coefficient (Wildman–Crippen LogP) is -0.0758. The minimum absolute atomic E-state index is 0. The fraction of sp³-hybridized carbons (Fsp3) is 0.833. The lowest BCUT2D eigenvalue weighted by Crippen LogP contribution is -2.45. The monoisotopic (exact) mass is 236 g/mol. The predicted molar refractivity (Wildman–Crippen MR) is 45.7 cm³/mol. The fourth-order valence-electron chi connectivity index (χ4n) is 0.710. The lowest BCUT2D eigenvalue weighted by Gasteiger charge is -2.20. The summed E-state index contributed by atoms with van der Waals surface area (Å²) in [5.41, 5.74) is 9.67. The molecule has 0 radical (unpaired) electrons. The van der Waals surface area contributed by atoms with Gasteiger partial charge >= 0.3 is 6.18 Å². The smallest absolute Gasteiger partial charge is 0.382 e. The number of rotatable bonds is 4. The van der Waals surface area contributed by atoms with Crippen molar-refractivity contribution in [2.45, 2.75) is 31.2 Å². The molecule has 14 heavy (non-hydrogen) atoms. The van der Waals surface area contributed by atoms with Gasteiger partial charge in [-0.25, -0.2) is 0 Å². The van der Waals surface area contributed by atoms with E-state index in [-0.39, 0.29) is 25.2 Å². The molecule has 0 bridgehead atoms. The summed E-state index contributed by atoms with van der Waals surface area (Å²) in [6.07, 6.45) is -7.91. The van der Waals surface area contributed by atoms with E-state index in [1.165, 1.54) is 0 Å². The molecule has 8 heteroatoms. The summed E-state index contributed by atoms with van der Waals surface area (Å²) in [7, 11) is 0. The van der Waals surface area contributed by atoms with E-state index < -0.39 is 24.2 Å². The minimum atomic E-state index is -4.75. The van der Waals surface area contributed by atoms with Gasteiger partial charge in [0.1, 0.15) is 0 Å². The van der Waals surface area contributed by atoms with Gasteiger partial charge in [-0.15, -0.1) is 12.4 Å². The van der Waals surface area contributed by atoms with Crippen LogP contribution in [0.15, 0.2) is 0 Å². The molecule has 0 aromatic heterocycles. The average molecular weight is 237 g/mol. The van der Waals surface area contributed by atoms with Crippen LogP contribution in [0.1, 0.15) is 12.8 Å². The van der Waals surface area contributed by atoms with Crippen LogP contribution < -0.4 is 11.5 Å². The van der Waals surface area contributed by atoms with E-state index in [4.69, 9.17) is 16.6 Å². The number of nitrogens with two attached hydrogens (primary N) is 2. The molecule has 0 rings (SSSR count). The lowest BCUT2D eigenvalue weighted by molar-refractivity contribution is -0.210. The maximum atomic E-state index is 11.8. The van der Waals surface area contributed by atoms with Crippen molar-refractivity contribution in [3.8, 4) is 0 Å². The number of amides is 1. The number of hydrogen-bond acceptors (Lipinski definition) is 3. The molecule has 0 aromatic carbocycles. The van der Waals surface area contributed by atoms with Gasteiger partial charge < -0.3 is 16.6 Å². The van der Waals surface area contributed by atoms with E-state index in [9.17, 15) is 18.0 Å². The molecule has 86 valence electrons. The van der Waals surface area contributed by atoms with Gasteiger partial charge in [-0.2, -0.15) is 13.2 Å². The van der Waals surface area contributed by atoms with E-state index in [2.05, 4.69) is 0 Å². The fourth-order valence-corrected chi connectivity index (χ4v) is 0.710. The molecule has 0 aliphatic carbocycles. The Morgan fingerprint density at radius 1 is 1.43 bits per heavy atom. The molecule has 0 fully saturated rings. The van der Waals surface area contributed by atoms with Gasteiger partial charge in [0.05, 0.1) is 0 Å². The first-order valence-electron chi connectivity index (χ1n) is 3.54. The number of primary amides is 1. The third-order valence-corrected chi connectivity index (χ3v) is 1.46. The molecule has 0 aliphatic rings. The second kappa shape index (κ2) is 6.05. The molecule has 4 nitrogen and oxygen atoms in total. The SMILES string of the molecule is Cl.NC(=O)CC[C@H](N)C(O)C(F)(F)F. The van der Waals surface area contributed by atoms with Gasteiger partial charge in [0.2, 0.25) is 5.91 Å². The average Bonchev–Trinajstić information content (AvgIpc) is 1.96. The van der Waals surface area contributed by atoms with E-state index >= 15 is 0 Å². The second-order valence-corrected chi connectivity index (χ2v) is 2.66. The number of aliphatic hydroxyl groups excluding tert-OH is 1. The summed E-state index contributed by atoms with van der Waals surface area (Å²) in [5.74, 6) is -0.746. The van der Waals surface area contributed by atoms with Crippen molar-refractivity contribution in [3.05, 3.63) is 0 Å². The van der Waals surface area contributed by atoms with Gasteiger partial charge in [0, 0.05) is 12.5 Å². The Labute approximate surface area is 84.8 Å². The molecule has 2 atom stereocenters. The minimum Gasteiger partial charge on any atom is -0.382 e. The van der Waals surface area contributed by atoms with E-state index in [1.807, 2.05) is 0 Å². The zero-order valence-electron chi connectivity index (χ0n) is 7.12. The van der Waals surface area contributed by atoms with Crippen molar-refractivity contribution in [3.63, 3.8) is 0 Å². The molecule has 0 heterocycles. The van der Waals surface area contributed by atoms with Crippen molar-refractivity contribution < 1.29 is 23.1 Å². The molecule has 5 N–H and O–H groups in total. The van der Waals surface area contributed by atoms with Crippen molar-refractivity contribution in [2.24, 2.45) is 11.5 Å². The maximum Gasteiger partial charge on any atom is 0.415 e. The Bertz CT molecular complexity index is 188. The Morgan fingerprint density at radius 2 is 1.86 bits per heavy atom. The van der Waals surface area contributed by atoms with Crippen LogP contribution in [0.2, 0.25) is 0 Å². The number of carbonyl (C=O) groups is 1. The summed E-state index contributed by atoms with van der Waals surface area (Å²) in [6.45, 7) is 0. The summed E-state index contributed by atoms with van der Waals surface area (Å²) < 4.78 is 35.3. The summed E-state index contributed by atoms with van der Waals surface area (Å²) in [4.78, 5) is 10.2. The largest absolute Gasteiger partial charge is 0.415 e. The van der Waals surface area contributed by atoms with Crippen LogP contribution >= 0.6 is 12.4 Å². The standard InChI is InChI=1S/C6H11F3N2O2.ClH/c7-6(8,9)5(13)3(10)1-2-4(11)12;/h3,5,13H,1-2,10H2,(H2,11,12);1H/t3-,5?;/m0./s1. The molecule has 1 amide bonds. The molecular formula is C6H12ClF3N2O2. The first kappa shape index (κ1) is 15.9. The van der Waals surface area contributed by atoms with Crippen LogP contribution in [0.5, 0.6) is 0 Å². The van der Waals surface area contributed by atoms with Crippen molar-refractivity contribution in [1.29, 1.82) is 0 Å². The Kier molecular flexibility index (Phi) is 6.88. The van der Waals surface area contributed by atoms with E-state index in [0.717, 1.165) is 0 Å². The van der Waals surface area contributed by atoms with Crippen LogP contribution in [0.25, 0.3) is 0 Å². The molecule has 0 saturated carbocycles. The quantitative estimate of drug-likeness (QED) is 0.638. The lowest BCUT2D eigenvalue weighted by atomic mass is 10.1. The van der Waals surface area contributed by atoms with Gasteiger partial charge in [0.25, 0.3) is 0 Å². The van der Waals surface area contributed by atoms with Gasteiger partial charge in [-0.3, -0.25) is 4.79 Å². The van der Waals surface area contributed by atoms with Crippen molar-refractivity contribution >= 4 is 18.3 Å². The first-order chi connectivity index (χ1) is 5.75. The topological polar surface area (TPSA) is 89.3 Å². The van der Waals surface area contributed by atoms with E-state index in [0.29, 0.717) is 0 Å². The third-order valence-electron chi connectivity index (χ3n) is 1.46. The van der Waals surface area contributed by atoms with Gasteiger partial charge in [-0.1, -0.05) is 0 Å². The number of aliphatic hydroxyl groups is 1. The number of alkyl halides is 3. The molecular weight excluding hydrogens is 225 g/mol. The summed E-state index contributed by atoms with van der Waals surface area (Å²) in [5, 5.41) is 8.56. The molecule has 1 unspecified atom stereocenters. The summed E-state index contributed by atoms with van der Waals surface area (Å²) >= 11 is 0. The highest BCUT2D eigenvalue weighted by Gasteiger charge is 2.41. The van der Waals surface area contributed by atoms with Crippen LogP contribution in [-0.2, 0) is 4.79 Å². The summed E-state index contributed by atoms with van der Waals surface area (Å²) in [6, 6.07) is -1.51. The Morgan fingerprint density at radius 3 is 2.14 bits per heavy atom. The van der Waals surface area contributed by atoms with Crippen molar-refractivity contribution in [2.75, 3.05) is 0 Å². The van der Waals surface area contributed by atoms with Crippen molar-refractivity contribution in [1.82, 2.24) is 0 Å². The zero-order chi connectivity index (χ0) is 10.6. The number of hydrogen-bond donors (Lipinski definition) is 3. The highest BCUT2D eigenvalue weighted by Crippen LogP contribution is 2.22. The first-order valence-corrected chi connectivity index (χ1v) is 3.54. The second-order valence-electron chi connectivity index (χ2n) is 2.66. The maximum absolute atomic E-state index is 11.8. The van der Waals surface area contributed by atoms with Gasteiger partial charge in [0.15, 0.2) is 6.10 Å². The molecule has 0 spiro atoms.